The molecule has 15 heavy (non-hydrogen) atoms. The largest absolute Gasteiger partial charge is 0.311 e. The summed E-state index contributed by atoms with van der Waals surface area (Å²) in [4.78, 5) is 11.5. The average Bonchev–Trinajstić information content (AvgIpc) is 2.62. The first kappa shape index (κ1) is 10.2. The standard InChI is InChI=1S/C10H16N4O/c1-6(2)10(15)12-9-7-3-4-11-5-8(7)13-14-9/h6,11H,3-5H2,1-2H3,(H2,12,13,14,15). The van der Waals surface area contributed by atoms with Crippen LogP contribution < -0.4 is 10.6 Å². The van der Waals surface area contributed by atoms with E-state index in [4.69, 9.17) is 0 Å². The number of fused-ring (bicyclic) bond motifs is 1. The normalized spacial score (nSPS) is 15.1. The van der Waals surface area contributed by atoms with Crippen molar-refractivity contribution in [1.29, 1.82) is 0 Å². The number of nitrogens with zero attached hydrogens (tertiary/aromatic N) is 1. The van der Waals surface area contributed by atoms with Crippen molar-refractivity contribution in [1.82, 2.24) is 15.5 Å². The minimum Gasteiger partial charge on any atom is -0.311 e. The van der Waals surface area contributed by atoms with Gasteiger partial charge in [-0.3, -0.25) is 9.89 Å². The van der Waals surface area contributed by atoms with Gasteiger partial charge in [-0.25, -0.2) is 0 Å². The average molecular weight is 208 g/mol. The number of carbonyl (C=O) groups excluding carboxylic acids is 1. The second-order valence-corrected chi connectivity index (χ2v) is 4.10. The van der Waals surface area contributed by atoms with Gasteiger partial charge in [0.25, 0.3) is 0 Å². The van der Waals surface area contributed by atoms with Crippen molar-refractivity contribution in [3.63, 3.8) is 0 Å². The zero-order valence-corrected chi connectivity index (χ0v) is 9.05. The highest BCUT2D eigenvalue weighted by molar-refractivity contribution is 5.91. The summed E-state index contributed by atoms with van der Waals surface area (Å²) < 4.78 is 0. The summed E-state index contributed by atoms with van der Waals surface area (Å²) in [5, 5.41) is 13.2. The van der Waals surface area contributed by atoms with E-state index in [1.807, 2.05) is 13.8 Å². The number of H-pyrrole nitrogens is 1. The fourth-order valence-corrected chi connectivity index (χ4v) is 1.61. The Morgan fingerprint density at radius 1 is 1.53 bits per heavy atom. The topological polar surface area (TPSA) is 69.8 Å². The molecule has 0 atom stereocenters. The van der Waals surface area contributed by atoms with Crippen LogP contribution >= 0.6 is 0 Å². The third-order valence-electron chi connectivity index (χ3n) is 2.57. The maximum Gasteiger partial charge on any atom is 0.228 e. The molecule has 0 fully saturated rings. The minimum atomic E-state index is -0.0148. The molecule has 1 amide bonds. The van der Waals surface area contributed by atoms with Crippen LogP contribution in [0, 0.1) is 5.92 Å². The van der Waals surface area contributed by atoms with Crippen LogP contribution in [-0.2, 0) is 17.8 Å². The molecule has 0 unspecified atom stereocenters. The lowest BCUT2D eigenvalue weighted by molar-refractivity contribution is -0.118. The van der Waals surface area contributed by atoms with Crippen LogP contribution in [-0.4, -0.2) is 22.6 Å². The molecule has 0 spiro atoms. The lowest BCUT2D eigenvalue weighted by Crippen LogP contribution is -2.24. The Kier molecular flexibility index (Phi) is 2.73. The van der Waals surface area contributed by atoms with Crippen LogP contribution in [0.2, 0.25) is 0 Å². The highest BCUT2D eigenvalue weighted by atomic mass is 16.1. The molecule has 3 N–H and O–H groups in total. The van der Waals surface area contributed by atoms with Crippen LogP contribution in [0.4, 0.5) is 5.82 Å². The fraction of sp³-hybridized carbons (Fsp3) is 0.600. The summed E-state index contributed by atoms with van der Waals surface area (Å²) >= 11 is 0. The molecule has 1 aromatic heterocycles. The van der Waals surface area contributed by atoms with Crippen molar-refractivity contribution < 1.29 is 4.79 Å². The fourth-order valence-electron chi connectivity index (χ4n) is 1.61. The molecule has 0 bridgehead atoms. The van der Waals surface area contributed by atoms with Gasteiger partial charge >= 0.3 is 0 Å². The summed E-state index contributed by atoms with van der Waals surface area (Å²) in [5.41, 5.74) is 2.23. The van der Waals surface area contributed by atoms with E-state index in [1.54, 1.807) is 0 Å². The summed E-state index contributed by atoms with van der Waals surface area (Å²) in [5.74, 6) is 0.701. The van der Waals surface area contributed by atoms with E-state index in [0.717, 1.165) is 30.8 Å². The van der Waals surface area contributed by atoms with Crippen molar-refractivity contribution >= 4 is 11.7 Å². The van der Waals surface area contributed by atoms with E-state index < -0.39 is 0 Å². The maximum absolute atomic E-state index is 11.5. The molecule has 1 aliphatic rings. The van der Waals surface area contributed by atoms with E-state index in [0.29, 0.717) is 5.82 Å². The van der Waals surface area contributed by atoms with Crippen molar-refractivity contribution in [3.8, 4) is 0 Å². The van der Waals surface area contributed by atoms with Gasteiger partial charge < -0.3 is 10.6 Å². The van der Waals surface area contributed by atoms with Gasteiger partial charge in [0.15, 0.2) is 5.82 Å². The summed E-state index contributed by atoms with van der Waals surface area (Å²) in [6.07, 6.45) is 0.916. The number of aromatic amines is 1. The second kappa shape index (κ2) is 4.02. The third kappa shape index (κ3) is 2.02. The van der Waals surface area contributed by atoms with E-state index in [2.05, 4.69) is 20.8 Å². The SMILES string of the molecule is CC(C)C(=O)Nc1n[nH]c2c1CCNC2. The molecular weight excluding hydrogens is 192 g/mol. The molecule has 0 saturated heterocycles. The lowest BCUT2D eigenvalue weighted by Gasteiger charge is -2.13. The lowest BCUT2D eigenvalue weighted by atomic mass is 10.1. The Hall–Kier alpha value is -1.36. The Balaban J connectivity index is 2.15. The predicted molar refractivity (Wildman–Crippen MR) is 57.5 cm³/mol. The molecule has 0 aliphatic carbocycles. The zero-order valence-electron chi connectivity index (χ0n) is 9.05. The first-order valence-corrected chi connectivity index (χ1v) is 5.26. The molecule has 2 heterocycles. The third-order valence-corrected chi connectivity index (χ3v) is 2.57. The van der Waals surface area contributed by atoms with E-state index in [-0.39, 0.29) is 11.8 Å². The van der Waals surface area contributed by atoms with Gasteiger partial charge in [0, 0.05) is 18.0 Å². The molecule has 1 aliphatic heterocycles. The molecule has 5 nitrogen and oxygen atoms in total. The number of rotatable bonds is 2. The van der Waals surface area contributed by atoms with Gasteiger partial charge in [-0.2, -0.15) is 5.10 Å². The van der Waals surface area contributed by atoms with Gasteiger partial charge in [-0.15, -0.1) is 0 Å². The van der Waals surface area contributed by atoms with Gasteiger partial charge in [0.1, 0.15) is 0 Å². The summed E-state index contributed by atoms with van der Waals surface area (Å²) in [6, 6.07) is 0. The second-order valence-electron chi connectivity index (χ2n) is 4.10. The quantitative estimate of drug-likeness (QED) is 0.668. The smallest absolute Gasteiger partial charge is 0.228 e. The first-order valence-electron chi connectivity index (χ1n) is 5.26. The number of nitrogens with one attached hydrogen (secondary N) is 3. The van der Waals surface area contributed by atoms with Crippen LogP contribution in [0.5, 0.6) is 0 Å². The van der Waals surface area contributed by atoms with Crippen molar-refractivity contribution in [3.05, 3.63) is 11.3 Å². The van der Waals surface area contributed by atoms with Crippen molar-refractivity contribution in [2.45, 2.75) is 26.8 Å². The van der Waals surface area contributed by atoms with Crippen LogP contribution in [0.1, 0.15) is 25.1 Å². The Labute approximate surface area is 88.6 Å². The van der Waals surface area contributed by atoms with Gasteiger partial charge in [0.05, 0.1) is 5.69 Å². The van der Waals surface area contributed by atoms with Gasteiger partial charge in [-0.1, -0.05) is 13.8 Å². The molecule has 0 aromatic carbocycles. The highest BCUT2D eigenvalue weighted by Gasteiger charge is 2.18. The summed E-state index contributed by atoms with van der Waals surface area (Å²) in [7, 11) is 0. The van der Waals surface area contributed by atoms with E-state index >= 15 is 0 Å². The maximum atomic E-state index is 11.5. The molecule has 2 rings (SSSR count). The van der Waals surface area contributed by atoms with Crippen LogP contribution in [0.25, 0.3) is 0 Å². The Morgan fingerprint density at radius 2 is 2.33 bits per heavy atom. The van der Waals surface area contributed by atoms with Crippen molar-refractivity contribution in [2.75, 3.05) is 11.9 Å². The molecule has 82 valence electrons. The Bertz CT molecular complexity index is 369. The van der Waals surface area contributed by atoms with Gasteiger partial charge in [0.2, 0.25) is 5.91 Å². The van der Waals surface area contributed by atoms with E-state index in [9.17, 15) is 4.79 Å². The number of hydrogen-bond donors (Lipinski definition) is 3. The first-order chi connectivity index (χ1) is 7.18. The number of amides is 1. The minimum absolute atomic E-state index is 0.0148. The van der Waals surface area contributed by atoms with E-state index in [1.165, 1.54) is 0 Å². The zero-order chi connectivity index (χ0) is 10.8. The number of carbonyl (C=O) groups is 1. The van der Waals surface area contributed by atoms with Crippen LogP contribution in [0.15, 0.2) is 0 Å². The summed E-state index contributed by atoms with van der Waals surface area (Å²) in [6.45, 7) is 5.49. The molecule has 0 saturated carbocycles. The molecule has 5 heteroatoms. The molecule has 0 radical (unpaired) electrons. The van der Waals surface area contributed by atoms with Gasteiger partial charge in [-0.05, 0) is 13.0 Å². The number of hydrogen-bond acceptors (Lipinski definition) is 3. The molecule has 1 aromatic rings. The number of anilines is 1. The predicted octanol–water partition coefficient (Wildman–Crippen LogP) is 0.650. The van der Waals surface area contributed by atoms with Crippen molar-refractivity contribution in [2.24, 2.45) is 5.92 Å². The number of aromatic nitrogens is 2. The van der Waals surface area contributed by atoms with Crippen LogP contribution in [0.3, 0.4) is 0 Å². The molecular formula is C10H16N4O. The Morgan fingerprint density at radius 3 is 3.07 bits per heavy atom. The highest BCUT2D eigenvalue weighted by Crippen LogP contribution is 2.20. The monoisotopic (exact) mass is 208 g/mol.